The first-order valence-electron chi connectivity index (χ1n) is 7.56. The van der Waals surface area contributed by atoms with Crippen molar-refractivity contribution in [3.8, 4) is 11.3 Å². The van der Waals surface area contributed by atoms with E-state index in [1.165, 1.54) is 6.20 Å². The van der Waals surface area contributed by atoms with Crippen LogP contribution in [0.1, 0.15) is 32.6 Å². The highest BCUT2D eigenvalue weighted by atomic mass is 16.4. The van der Waals surface area contributed by atoms with Crippen LogP contribution in [0.2, 0.25) is 0 Å². The van der Waals surface area contributed by atoms with Crippen LogP contribution in [0.4, 0.5) is 0 Å². The summed E-state index contributed by atoms with van der Waals surface area (Å²) in [6.45, 7) is 4.09. The van der Waals surface area contributed by atoms with Crippen molar-refractivity contribution in [3.05, 3.63) is 76.8 Å². The Morgan fingerprint density at radius 2 is 1.88 bits per heavy atom. The van der Waals surface area contributed by atoms with Gasteiger partial charge in [0.2, 0.25) is 0 Å². The van der Waals surface area contributed by atoms with Crippen LogP contribution in [0.15, 0.2) is 53.4 Å². The van der Waals surface area contributed by atoms with Crippen LogP contribution in [0.25, 0.3) is 23.5 Å². The molecule has 0 saturated carbocycles. The van der Waals surface area contributed by atoms with Crippen molar-refractivity contribution in [1.82, 2.24) is 4.98 Å². The fourth-order valence-electron chi connectivity index (χ4n) is 2.67. The van der Waals surface area contributed by atoms with Gasteiger partial charge in [0.15, 0.2) is 0 Å². The molecule has 0 bridgehead atoms. The molecule has 0 aliphatic carbocycles. The molecule has 2 aromatic heterocycles. The van der Waals surface area contributed by atoms with Gasteiger partial charge in [0.05, 0.1) is 11.8 Å². The zero-order chi connectivity index (χ0) is 17.1. The van der Waals surface area contributed by atoms with Crippen molar-refractivity contribution >= 4 is 18.1 Å². The zero-order valence-electron chi connectivity index (χ0n) is 13.5. The first kappa shape index (κ1) is 15.7. The lowest BCUT2D eigenvalue weighted by molar-refractivity contribution is 0.0696. The van der Waals surface area contributed by atoms with Crippen LogP contribution in [0.3, 0.4) is 0 Å². The summed E-state index contributed by atoms with van der Waals surface area (Å²) in [6.07, 6.45) is 8.51. The molecule has 3 rings (SSSR count). The van der Waals surface area contributed by atoms with Gasteiger partial charge in [-0.15, -0.1) is 0 Å². The maximum Gasteiger partial charge on any atom is 0.337 e. The van der Waals surface area contributed by atoms with E-state index in [9.17, 15) is 4.79 Å². The fraction of sp³-hybridized carbons (Fsp3) is 0.100. The summed E-state index contributed by atoms with van der Waals surface area (Å²) in [4.78, 5) is 15.0. The molecular formula is C20H17NO3. The summed E-state index contributed by atoms with van der Waals surface area (Å²) in [6, 6.07) is 9.58. The molecule has 3 aromatic rings. The monoisotopic (exact) mass is 319 g/mol. The Hall–Kier alpha value is -3.14. The second kappa shape index (κ2) is 6.54. The summed E-state index contributed by atoms with van der Waals surface area (Å²) < 4.78 is 5.45. The van der Waals surface area contributed by atoms with Crippen LogP contribution >= 0.6 is 0 Å². The maximum atomic E-state index is 11.0. The predicted molar refractivity (Wildman–Crippen MR) is 93.7 cm³/mol. The molecule has 1 aromatic carbocycles. The van der Waals surface area contributed by atoms with Crippen molar-refractivity contribution in [2.45, 2.75) is 13.8 Å². The van der Waals surface area contributed by atoms with Crippen molar-refractivity contribution in [2.75, 3.05) is 0 Å². The average molecular weight is 319 g/mol. The van der Waals surface area contributed by atoms with Gasteiger partial charge >= 0.3 is 5.97 Å². The van der Waals surface area contributed by atoms with Gasteiger partial charge in [-0.05, 0) is 66.4 Å². The second-order valence-electron chi connectivity index (χ2n) is 5.65. The largest absolute Gasteiger partial charge is 0.478 e. The number of nitrogens with zero attached hydrogens (tertiary/aromatic N) is 1. The van der Waals surface area contributed by atoms with Crippen molar-refractivity contribution < 1.29 is 14.3 Å². The van der Waals surface area contributed by atoms with Crippen LogP contribution < -0.4 is 0 Å². The van der Waals surface area contributed by atoms with E-state index in [0.29, 0.717) is 0 Å². The molecule has 0 atom stereocenters. The molecule has 4 nitrogen and oxygen atoms in total. The lowest BCUT2D eigenvalue weighted by Crippen LogP contribution is -1.97. The van der Waals surface area contributed by atoms with E-state index in [1.807, 2.05) is 38.1 Å². The topological polar surface area (TPSA) is 63.3 Å². The van der Waals surface area contributed by atoms with E-state index in [2.05, 4.69) is 17.1 Å². The molecule has 1 N–H and O–H groups in total. The van der Waals surface area contributed by atoms with E-state index in [-0.39, 0.29) is 5.56 Å². The number of aromatic carboxylic acids is 1. The molecule has 2 heterocycles. The molecule has 0 fully saturated rings. The van der Waals surface area contributed by atoms with Gasteiger partial charge in [0.25, 0.3) is 0 Å². The van der Waals surface area contributed by atoms with Crippen LogP contribution in [-0.4, -0.2) is 16.1 Å². The maximum absolute atomic E-state index is 11.0. The molecule has 0 aliphatic rings. The number of carbonyl (C=O) groups is 1. The van der Waals surface area contributed by atoms with Gasteiger partial charge < -0.3 is 9.52 Å². The van der Waals surface area contributed by atoms with Gasteiger partial charge in [-0.25, -0.2) is 4.79 Å². The molecule has 0 radical (unpaired) electrons. The number of hydrogen-bond donors (Lipinski definition) is 1. The molecule has 0 aliphatic heterocycles. The smallest absolute Gasteiger partial charge is 0.337 e. The molecule has 4 heteroatoms. The number of aryl methyl sites for hydroxylation is 2. The van der Waals surface area contributed by atoms with Crippen LogP contribution in [0.5, 0.6) is 0 Å². The average Bonchev–Trinajstić information content (AvgIpc) is 3.08. The van der Waals surface area contributed by atoms with Gasteiger partial charge in [-0.3, -0.25) is 4.98 Å². The Labute approximate surface area is 140 Å². The molecule has 120 valence electrons. The van der Waals surface area contributed by atoms with E-state index in [1.54, 1.807) is 18.5 Å². The second-order valence-corrected chi connectivity index (χ2v) is 5.65. The van der Waals surface area contributed by atoms with Gasteiger partial charge in [0, 0.05) is 18.0 Å². The third-order valence-electron chi connectivity index (χ3n) is 3.85. The Morgan fingerprint density at radius 3 is 2.50 bits per heavy atom. The highest BCUT2D eigenvalue weighted by Gasteiger charge is 2.07. The number of hydrogen-bond acceptors (Lipinski definition) is 3. The summed E-state index contributed by atoms with van der Waals surface area (Å²) >= 11 is 0. The minimum Gasteiger partial charge on any atom is -0.478 e. The van der Waals surface area contributed by atoms with Gasteiger partial charge in [-0.1, -0.05) is 12.2 Å². The third kappa shape index (κ3) is 3.27. The molecule has 24 heavy (non-hydrogen) atoms. The Morgan fingerprint density at radius 1 is 1.12 bits per heavy atom. The fourth-order valence-corrected chi connectivity index (χ4v) is 2.67. The molecule has 0 unspecified atom stereocenters. The van der Waals surface area contributed by atoms with E-state index >= 15 is 0 Å². The summed E-state index contributed by atoms with van der Waals surface area (Å²) in [5, 5.41) is 9.03. The Balaban J connectivity index is 1.93. The zero-order valence-corrected chi connectivity index (χ0v) is 13.5. The molecule has 0 spiro atoms. The summed E-state index contributed by atoms with van der Waals surface area (Å²) in [7, 11) is 0. The Kier molecular flexibility index (Phi) is 4.29. The summed E-state index contributed by atoms with van der Waals surface area (Å²) in [5.74, 6) is -0.136. The van der Waals surface area contributed by atoms with Crippen molar-refractivity contribution in [3.63, 3.8) is 0 Å². The predicted octanol–water partition coefficient (Wildman–Crippen LogP) is 4.83. The SMILES string of the molecule is Cc1cc(-c2ccco2)cc(C)c1/C=C/c1cncc(C(=O)O)c1. The van der Waals surface area contributed by atoms with Gasteiger partial charge in [-0.2, -0.15) is 0 Å². The number of furan rings is 1. The molecule has 0 saturated heterocycles. The number of carboxylic acid groups (broad SMARTS) is 1. The first-order chi connectivity index (χ1) is 11.5. The normalized spacial score (nSPS) is 11.1. The molecule has 0 amide bonds. The van der Waals surface area contributed by atoms with E-state index in [0.717, 1.165) is 33.6 Å². The lowest BCUT2D eigenvalue weighted by atomic mass is 9.97. The quantitative estimate of drug-likeness (QED) is 0.748. The standard InChI is InChI=1S/C20H17NO3/c1-13-8-16(19-4-3-7-24-19)9-14(2)18(13)6-5-15-10-17(20(22)23)12-21-11-15/h3-12H,1-2H3,(H,22,23)/b6-5+. The Bertz CT molecular complexity index is 885. The number of rotatable bonds is 4. The highest BCUT2D eigenvalue weighted by Crippen LogP contribution is 2.26. The highest BCUT2D eigenvalue weighted by molar-refractivity contribution is 5.88. The number of pyridine rings is 1. The van der Waals surface area contributed by atoms with E-state index < -0.39 is 5.97 Å². The van der Waals surface area contributed by atoms with Crippen molar-refractivity contribution in [1.29, 1.82) is 0 Å². The van der Waals surface area contributed by atoms with E-state index in [4.69, 9.17) is 9.52 Å². The number of carboxylic acids is 1. The number of benzene rings is 1. The minimum absolute atomic E-state index is 0.179. The van der Waals surface area contributed by atoms with Crippen LogP contribution in [0, 0.1) is 13.8 Å². The lowest BCUT2D eigenvalue weighted by Gasteiger charge is -2.08. The first-order valence-corrected chi connectivity index (χ1v) is 7.56. The van der Waals surface area contributed by atoms with Crippen molar-refractivity contribution in [2.24, 2.45) is 0 Å². The van der Waals surface area contributed by atoms with Gasteiger partial charge in [0.1, 0.15) is 5.76 Å². The van der Waals surface area contributed by atoms with Crippen LogP contribution in [-0.2, 0) is 0 Å². The third-order valence-corrected chi connectivity index (χ3v) is 3.85. The number of aromatic nitrogens is 1. The summed E-state index contributed by atoms with van der Waals surface area (Å²) in [5.41, 5.74) is 5.33. The minimum atomic E-state index is -0.979. The molecular weight excluding hydrogens is 302 g/mol.